The lowest BCUT2D eigenvalue weighted by molar-refractivity contribution is -0.131. The van der Waals surface area contributed by atoms with Crippen LogP contribution in [0.2, 0.25) is 0 Å². The normalized spacial score (nSPS) is 16.8. The molecule has 0 aromatic heterocycles. The van der Waals surface area contributed by atoms with Gasteiger partial charge in [-0.2, -0.15) is 0 Å². The van der Waals surface area contributed by atoms with Gasteiger partial charge in [-0.1, -0.05) is 12.1 Å². The molecular formula is C15H19NO2. The summed E-state index contributed by atoms with van der Waals surface area (Å²) in [6.45, 7) is 2.26. The van der Waals surface area contributed by atoms with E-state index in [-0.39, 0.29) is 0 Å². The van der Waals surface area contributed by atoms with Crippen LogP contribution in [-0.4, -0.2) is 24.2 Å². The van der Waals surface area contributed by atoms with Gasteiger partial charge < -0.3 is 10.0 Å². The third-order valence-electron chi connectivity index (χ3n) is 3.63. The van der Waals surface area contributed by atoms with Crippen molar-refractivity contribution in [1.82, 2.24) is 0 Å². The van der Waals surface area contributed by atoms with Crippen LogP contribution in [0.5, 0.6) is 0 Å². The molecule has 0 amide bonds. The van der Waals surface area contributed by atoms with Crippen molar-refractivity contribution < 1.29 is 9.90 Å². The summed E-state index contributed by atoms with van der Waals surface area (Å²) in [5, 5.41) is 8.56. The maximum atomic E-state index is 10.4. The molecule has 0 spiro atoms. The molecule has 18 heavy (non-hydrogen) atoms. The standard InChI is InChI=1S/C15H19NO2/c1-11(13-6-7-13)16(2)14-8-3-12(4-9-14)5-10-15(17)18/h3-5,8-11,13H,6-7H2,1-2H3,(H,17,18)/b10-5+. The van der Waals surface area contributed by atoms with Gasteiger partial charge in [0.2, 0.25) is 0 Å². The molecule has 1 aromatic rings. The number of carboxylic acid groups (broad SMARTS) is 1. The van der Waals surface area contributed by atoms with Crippen LogP contribution in [0.1, 0.15) is 25.3 Å². The number of benzene rings is 1. The fourth-order valence-electron chi connectivity index (χ4n) is 2.12. The molecule has 2 rings (SSSR count). The van der Waals surface area contributed by atoms with E-state index in [1.807, 2.05) is 24.3 Å². The Morgan fingerprint density at radius 1 is 1.39 bits per heavy atom. The summed E-state index contributed by atoms with van der Waals surface area (Å²) in [5.74, 6) is -0.0832. The van der Waals surface area contributed by atoms with E-state index in [0.29, 0.717) is 6.04 Å². The smallest absolute Gasteiger partial charge is 0.328 e. The van der Waals surface area contributed by atoms with Crippen LogP contribution >= 0.6 is 0 Å². The first-order valence-electron chi connectivity index (χ1n) is 6.32. The van der Waals surface area contributed by atoms with Gasteiger partial charge >= 0.3 is 5.97 Å². The van der Waals surface area contributed by atoms with Crippen molar-refractivity contribution in [3.63, 3.8) is 0 Å². The number of nitrogens with zero attached hydrogens (tertiary/aromatic N) is 1. The largest absolute Gasteiger partial charge is 0.478 e. The maximum Gasteiger partial charge on any atom is 0.328 e. The van der Waals surface area contributed by atoms with Gasteiger partial charge in [-0.15, -0.1) is 0 Å². The Hall–Kier alpha value is -1.77. The van der Waals surface area contributed by atoms with Gasteiger partial charge in [0.15, 0.2) is 0 Å². The van der Waals surface area contributed by atoms with Crippen molar-refractivity contribution >= 4 is 17.7 Å². The average molecular weight is 245 g/mol. The summed E-state index contributed by atoms with van der Waals surface area (Å²) in [5.41, 5.74) is 2.09. The summed E-state index contributed by atoms with van der Waals surface area (Å²) >= 11 is 0. The highest BCUT2D eigenvalue weighted by Crippen LogP contribution is 2.36. The zero-order valence-corrected chi connectivity index (χ0v) is 10.8. The predicted octanol–water partition coefficient (Wildman–Crippen LogP) is 3.02. The van der Waals surface area contributed by atoms with Crippen LogP contribution in [0, 0.1) is 5.92 Å². The summed E-state index contributed by atoms with van der Waals surface area (Å²) < 4.78 is 0. The van der Waals surface area contributed by atoms with Gasteiger partial charge in [0.1, 0.15) is 0 Å². The summed E-state index contributed by atoms with van der Waals surface area (Å²) in [4.78, 5) is 12.7. The minimum atomic E-state index is -0.918. The Balaban J connectivity index is 2.04. The molecule has 1 aliphatic rings. The lowest BCUT2D eigenvalue weighted by atomic mass is 10.1. The minimum absolute atomic E-state index is 0.574. The molecule has 0 aliphatic heterocycles. The van der Waals surface area contributed by atoms with Crippen molar-refractivity contribution in [2.24, 2.45) is 5.92 Å². The quantitative estimate of drug-likeness (QED) is 0.811. The first-order valence-corrected chi connectivity index (χ1v) is 6.32. The van der Waals surface area contributed by atoms with E-state index in [2.05, 4.69) is 18.9 Å². The van der Waals surface area contributed by atoms with Crippen LogP contribution in [0.3, 0.4) is 0 Å². The van der Waals surface area contributed by atoms with Crippen LogP contribution in [-0.2, 0) is 4.79 Å². The number of anilines is 1. The zero-order valence-electron chi connectivity index (χ0n) is 10.8. The second-order valence-electron chi connectivity index (χ2n) is 4.95. The fraction of sp³-hybridized carbons (Fsp3) is 0.400. The molecule has 1 N–H and O–H groups in total. The Labute approximate surface area is 108 Å². The van der Waals surface area contributed by atoms with Crippen LogP contribution in [0.4, 0.5) is 5.69 Å². The number of rotatable bonds is 5. The van der Waals surface area contributed by atoms with Crippen molar-refractivity contribution in [2.75, 3.05) is 11.9 Å². The number of carboxylic acids is 1. The summed E-state index contributed by atoms with van der Waals surface area (Å²) in [6.07, 6.45) is 5.44. The van der Waals surface area contributed by atoms with Gasteiger partial charge in [0.25, 0.3) is 0 Å². The molecule has 0 bridgehead atoms. The zero-order chi connectivity index (χ0) is 13.1. The monoisotopic (exact) mass is 245 g/mol. The van der Waals surface area contributed by atoms with Crippen LogP contribution in [0.25, 0.3) is 6.08 Å². The average Bonchev–Trinajstić information content (AvgIpc) is 3.19. The highest BCUT2D eigenvalue weighted by Gasteiger charge is 2.30. The molecule has 0 saturated heterocycles. The molecule has 3 nitrogen and oxygen atoms in total. The molecule has 1 fully saturated rings. The topological polar surface area (TPSA) is 40.5 Å². The Morgan fingerprint density at radius 2 is 2.00 bits per heavy atom. The third kappa shape index (κ3) is 3.13. The molecule has 0 heterocycles. The number of carbonyl (C=O) groups is 1. The van der Waals surface area contributed by atoms with E-state index in [1.54, 1.807) is 6.08 Å². The molecule has 0 radical (unpaired) electrons. The Kier molecular flexibility index (Phi) is 3.70. The van der Waals surface area contributed by atoms with Crippen molar-refractivity contribution in [3.05, 3.63) is 35.9 Å². The molecule has 96 valence electrons. The second-order valence-corrected chi connectivity index (χ2v) is 4.95. The fourth-order valence-corrected chi connectivity index (χ4v) is 2.12. The second kappa shape index (κ2) is 5.25. The van der Waals surface area contributed by atoms with Gasteiger partial charge in [0.05, 0.1) is 0 Å². The first kappa shape index (κ1) is 12.7. The lowest BCUT2D eigenvalue weighted by Gasteiger charge is -2.27. The van der Waals surface area contributed by atoms with E-state index in [0.717, 1.165) is 17.6 Å². The molecule has 1 atom stereocenters. The highest BCUT2D eigenvalue weighted by atomic mass is 16.4. The molecule has 1 aliphatic carbocycles. The summed E-state index contributed by atoms with van der Waals surface area (Å²) in [6, 6.07) is 8.56. The Bertz CT molecular complexity index is 446. The maximum absolute atomic E-state index is 10.4. The molecule has 1 unspecified atom stereocenters. The van der Waals surface area contributed by atoms with E-state index >= 15 is 0 Å². The van der Waals surface area contributed by atoms with Gasteiger partial charge in [-0.05, 0) is 49.5 Å². The lowest BCUT2D eigenvalue weighted by Crippen LogP contribution is -2.30. The molecular weight excluding hydrogens is 226 g/mol. The van der Waals surface area contributed by atoms with Crippen molar-refractivity contribution in [3.8, 4) is 0 Å². The van der Waals surface area contributed by atoms with E-state index in [9.17, 15) is 4.79 Å². The van der Waals surface area contributed by atoms with Gasteiger partial charge in [0, 0.05) is 24.9 Å². The highest BCUT2D eigenvalue weighted by molar-refractivity contribution is 5.85. The first-order chi connectivity index (χ1) is 8.58. The van der Waals surface area contributed by atoms with Crippen molar-refractivity contribution in [1.29, 1.82) is 0 Å². The van der Waals surface area contributed by atoms with Gasteiger partial charge in [-0.25, -0.2) is 4.79 Å². The molecule has 1 saturated carbocycles. The molecule has 3 heteroatoms. The third-order valence-corrected chi connectivity index (χ3v) is 3.63. The van der Waals surface area contributed by atoms with Crippen LogP contribution in [0.15, 0.2) is 30.3 Å². The number of hydrogen-bond donors (Lipinski definition) is 1. The Morgan fingerprint density at radius 3 is 2.50 bits per heavy atom. The molecule has 1 aromatic carbocycles. The van der Waals surface area contributed by atoms with E-state index < -0.39 is 5.97 Å². The number of hydrogen-bond acceptors (Lipinski definition) is 2. The van der Waals surface area contributed by atoms with Crippen LogP contribution < -0.4 is 4.90 Å². The van der Waals surface area contributed by atoms with Crippen molar-refractivity contribution in [2.45, 2.75) is 25.8 Å². The number of aliphatic carboxylic acids is 1. The van der Waals surface area contributed by atoms with E-state index in [1.165, 1.54) is 18.5 Å². The summed E-state index contributed by atoms with van der Waals surface area (Å²) in [7, 11) is 2.12. The minimum Gasteiger partial charge on any atom is -0.478 e. The SMILES string of the molecule is CC(C1CC1)N(C)c1ccc(/C=C/C(=O)O)cc1. The predicted molar refractivity (Wildman–Crippen MR) is 73.7 cm³/mol. The van der Waals surface area contributed by atoms with E-state index in [4.69, 9.17) is 5.11 Å². The van der Waals surface area contributed by atoms with Gasteiger partial charge in [-0.3, -0.25) is 0 Å².